The van der Waals surface area contributed by atoms with Gasteiger partial charge in [-0.1, -0.05) is 51.3 Å². The van der Waals surface area contributed by atoms with Gasteiger partial charge in [0.1, 0.15) is 0 Å². The van der Waals surface area contributed by atoms with Crippen molar-refractivity contribution in [2.45, 2.75) is 91.1 Å². The van der Waals surface area contributed by atoms with Crippen molar-refractivity contribution in [3.63, 3.8) is 0 Å². The zero-order valence-electron chi connectivity index (χ0n) is 20.4. The third kappa shape index (κ3) is 3.11. The summed E-state index contributed by atoms with van der Waals surface area (Å²) >= 11 is 6.86. The van der Waals surface area contributed by atoms with Gasteiger partial charge in [-0.15, -0.1) is 0 Å². The van der Waals surface area contributed by atoms with Crippen molar-refractivity contribution in [2.75, 3.05) is 0 Å². The average Bonchev–Trinajstić information content (AvgIpc) is 3.51. The molecule has 0 amide bonds. The molecule has 5 aliphatic carbocycles. The van der Waals surface area contributed by atoms with E-state index in [4.69, 9.17) is 16.3 Å². The number of hydrogen-bond donors (Lipinski definition) is 0. The molecular weight excluding hydrogens is 436 g/mol. The van der Waals surface area contributed by atoms with E-state index in [1.54, 1.807) is 6.92 Å². The van der Waals surface area contributed by atoms with Gasteiger partial charge in [0.05, 0.1) is 0 Å². The Balaban J connectivity index is 1.48. The lowest BCUT2D eigenvalue weighted by atomic mass is 9.47. The number of ketones is 2. The summed E-state index contributed by atoms with van der Waals surface area (Å²) < 4.78 is 6.16. The van der Waals surface area contributed by atoms with E-state index in [2.05, 4.69) is 26.8 Å². The minimum absolute atomic E-state index is 0.0157. The first-order valence-electron chi connectivity index (χ1n) is 13.0. The Bertz CT molecular complexity index is 965. The fourth-order valence-corrected chi connectivity index (χ4v) is 8.95. The largest absolute Gasteiger partial charge is 0.450 e. The molecule has 0 aliphatic heterocycles. The summed E-state index contributed by atoms with van der Waals surface area (Å²) in [7, 11) is 0. The fourth-order valence-electron chi connectivity index (χ4n) is 8.55. The van der Waals surface area contributed by atoms with Crippen molar-refractivity contribution in [1.82, 2.24) is 0 Å². The Morgan fingerprint density at radius 1 is 1.12 bits per heavy atom. The van der Waals surface area contributed by atoms with E-state index in [1.807, 2.05) is 6.08 Å². The highest BCUT2D eigenvalue weighted by Crippen LogP contribution is 2.72. The van der Waals surface area contributed by atoms with Gasteiger partial charge in [-0.3, -0.25) is 14.4 Å². The summed E-state index contributed by atoms with van der Waals surface area (Å²) in [5, 5.41) is 0.721. The topological polar surface area (TPSA) is 60.4 Å². The maximum absolute atomic E-state index is 13.1. The first kappa shape index (κ1) is 23.3. The molecule has 0 saturated heterocycles. The van der Waals surface area contributed by atoms with E-state index in [9.17, 15) is 14.4 Å². The number of ether oxygens (including phenoxy) is 1. The summed E-state index contributed by atoms with van der Waals surface area (Å²) in [4.78, 5) is 38.4. The number of fused-ring (bicyclic) bond motifs is 7. The maximum Gasteiger partial charge on any atom is 0.306 e. The lowest BCUT2D eigenvalue weighted by molar-refractivity contribution is -0.187. The molecule has 8 atom stereocenters. The number of rotatable bonds is 6. The molecule has 0 aromatic rings. The van der Waals surface area contributed by atoms with Gasteiger partial charge in [0.25, 0.3) is 0 Å². The minimum Gasteiger partial charge on any atom is -0.450 e. The van der Waals surface area contributed by atoms with Gasteiger partial charge in [0.15, 0.2) is 17.2 Å². The van der Waals surface area contributed by atoms with E-state index in [0.717, 1.165) is 55.6 Å². The van der Waals surface area contributed by atoms with Gasteiger partial charge in [0.2, 0.25) is 0 Å². The first-order valence-corrected chi connectivity index (χ1v) is 13.3. The van der Waals surface area contributed by atoms with Crippen LogP contribution in [0.2, 0.25) is 0 Å². The monoisotopic (exact) mass is 472 g/mol. The zero-order chi connectivity index (χ0) is 23.8. The van der Waals surface area contributed by atoms with Crippen molar-refractivity contribution in [3.8, 4) is 0 Å². The van der Waals surface area contributed by atoms with Crippen LogP contribution in [-0.2, 0) is 19.1 Å². The average molecular weight is 473 g/mol. The van der Waals surface area contributed by atoms with Crippen molar-refractivity contribution >= 4 is 29.1 Å². The minimum atomic E-state index is -1.03. The molecule has 0 bridgehead atoms. The Labute approximate surface area is 202 Å². The molecule has 5 rings (SSSR count). The molecule has 3 saturated carbocycles. The van der Waals surface area contributed by atoms with Crippen LogP contribution in [0.3, 0.4) is 0 Å². The second-order valence-corrected chi connectivity index (χ2v) is 12.2. The Morgan fingerprint density at radius 3 is 2.55 bits per heavy atom. The quantitative estimate of drug-likeness (QED) is 0.342. The third-order valence-electron chi connectivity index (χ3n) is 10.5. The standard InChI is InChI=1S/C28H37ClO4/c1-5-6-7-8-25(32)33-28(16(2)30)12-10-19-17-14-23(29)22-15-24(31)18-13-21(18)27(22,4)20(17)9-11-26(19,28)3/h14-15,17-21H,5-13H2,1-4H3/t17-,18?,19-,20-,21?,26-,27-,28-/m0/s1. The van der Waals surface area contributed by atoms with Crippen LogP contribution in [0.5, 0.6) is 0 Å². The molecule has 0 radical (unpaired) electrons. The summed E-state index contributed by atoms with van der Waals surface area (Å²) in [6, 6.07) is 0. The molecule has 0 heterocycles. The van der Waals surface area contributed by atoms with Crippen LogP contribution >= 0.6 is 11.6 Å². The molecule has 0 N–H and O–H groups in total. The molecule has 33 heavy (non-hydrogen) atoms. The number of hydrogen-bond acceptors (Lipinski definition) is 4. The van der Waals surface area contributed by atoms with Gasteiger partial charge in [-0.25, -0.2) is 0 Å². The Kier molecular flexibility index (Phi) is 5.51. The summed E-state index contributed by atoms with van der Waals surface area (Å²) in [6.07, 6.45) is 11.5. The molecular formula is C28H37ClO4. The van der Waals surface area contributed by atoms with Gasteiger partial charge in [-0.05, 0) is 80.8 Å². The van der Waals surface area contributed by atoms with E-state index in [-0.39, 0.29) is 46.1 Å². The van der Waals surface area contributed by atoms with Gasteiger partial charge < -0.3 is 4.74 Å². The molecule has 3 fully saturated rings. The Morgan fingerprint density at radius 2 is 1.85 bits per heavy atom. The van der Waals surface area contributed by atoms with E-state index in [0.29, 0.717) is 24.7 Å². The number of Topliss-reactive ketones (excluding diaryl/α,β-unsaturated/α-hetero) is 1. The third-order valence-corrected chi connectivity index (χ3v) is 10.8. The van der Waals surface area contributed by atoms with Crippen LogP contribution in [0.25, 0.3) is 0 Å². The van der Waals surface area contributed by atoms with Gasteiger partial charge >= 0.3 is 5.97 Å². The summed E-state index contributed by atoms with van der Waals surface area (Å²) in [5.74, 6) is 1.44. The number of esters is 1. The second kappa shape index (κ2) is 7.80. The molecule has 2 unspecified atom stereocenters. The number of allylic oxidation sites excluding steroid dienone is 4. The number of carbonyl (C=O) groups is 3. The molecule has 5 heteroatoms. The van der Waals surface area contributed by atoms with Crippen molar-refractivity contribution in [2.24, 2.45) is 40.4 Å². The van der Waals surface area contributed by atoms with Gasteiger partial charge in [-0.2, -0.15) is 0 Å². The second-order valence-electron chi connectivity index (χ2n) is 11.8. The predicted octanol–water partition coefficient (Wildman–Crippen LogP) is 6.17. The number of carbonyl (C=O) groups excluding carboxylic acids is 3. The number of unbranched alkanes of at least 4 members (excludes halogenated alkanes) is 2. The van der Waals surface area contributed by atoms with Crippen LogP contribution in [0.4, 0.5) is 0 Å². The number of halogens is 1. The van der Waals surface area contributed by atoms with E-state index < -0.39 is 5.60 Å². The molecule has 0 aromatic heterocycles. The van der Waals surface area contributed by atoms with Crippen molar-refractivity contribution in [3.05, 3.63) is 22.8 Å². The highest BCUT2D eigenvalue weighted by molar-refractivity contribution is 6.32. The maximum atomic E-state index is 13.1. The SMILES string of the molecule is CCCCCC(=O)O[C@]1(C(C)=O)CC[C@H]2[C@@H]3C=C(Cl)C4=CC(=O)C5CC5[C@]4(C)[C@H]3CC[C@@]21C. The predicted molar refractivity (Wildman–Crippen MR) is 127 cm³/mol. The first-order chi connectivity index (χ1) is 15.6. The Hall–Kier alpha value is -1.42. The summed E-state index contributed by atoms with van der Waals surface area (Å²) in [6.45, 7) is 8.22. The fraction of sp³-hybridized carbons (Fsp3) is 0.750. The highest BCUT2D eigenvalue weighted by Gasteiger charge is 2.70. The van der Waals surface area contributed by atoms with Crippen LogP contribution in [0.15, 0.2) is 22.8 Å². The lowest BCUT2D eigenvalue weighted by Crippen LogP contribution is -2.58. The van der Waals surface area contributed by atoms with Crippen LogP contribution in [0, 0.1) is 40.4 Å². The van der Waals surface area contributed by atoms with Crippen LogP contribution in [-0.4, -0.2) is 23.1 Å². The van der Waals surface area contributed by atoms with Crippen LogP contribution < -0.4 is 0 Å². The molecule has 4 nitrogen and oxygen atoms in total. The molecule has 0 aromatic carbocycles. The summed E-state index contributed by atoms with van der Waals surface area (Å²) in [5.41, 5.74) is -0.460. The normalized spacial score (nSPS) is 45.1. The molecule has 180 valence electrons. The molecule has 5 aliphatic rings. The highest BCUT2D eigenvalue weighted by atomic mass is 35.5. The van der Waals surface area contributed by atoms with Crippen LogP contribution in [0.1, 0.15) is 85.5 Å². The molecule has 0 spiro atoms. The van der Waals surface area contributed by atoms with Gasteiger partial charge in [0, 0.05) is 28.2 Å². The zero-order valence-corrected chi connectivity index (χ0v) is 21.2. The smallest absolute Gasteiger partial charge is 0.306 e. The lowest BCUT2D eigenvalue weighted by Gasteiger charge is -2.57. The van der Waals surface area contributed by atoms with Crippen molar-refractivity contribution in [1.29, 1.82) is 0 Å². The van der Waals surface area contributed by atoms with E-state index >= 15 is 0 Å². The van der Waals surface area contributed by atoms with Crippen molar-refractivity contribution < 1.29 is 19.1 Å². The van der Waals surface area contributed by atoms with E-state index in [1.165, 1.54) is 0 Å².